The van der Waals surface area contributed by atoms with E-state index in [2.05, 4.69) is 20.8 Å². The van der Waals surface area contributed by atoms with Gasteiger partial charge in [0.1, 0.15) is 5.84 Å². The van der Waals surface area contributed by atoms with E-state index >= 15 is 0 Å². The molecule has 0 amide bonds. The van der Waals surface area contributed by atoms with Crippen LogP contribution in [0.5, 0.6) is 0 Å². The molecule has 0 atom stereocenters. The minimum atomic E-state index is 0.0251. The van der Waals surface area contributed by atoms with Crippen LogP contribution in [0, 0.1) is 10.8 Å². The van der Waals surface area contributed by atoms with E-state index < -0.39 is 0 Å². The van der Waals surface area contributed by atoms with E-state index in [-0.39, 0.29) is 11.3 Å². The summed E-state index contributed by atoms with van der Waals surface area (Å²) in [6.45, 7) is 7.77. The second kappa shape index (κ2) is 6.21. The summed E-state index contributed by atoms with van der Waals surface area (Å²) >= 11 is 6.11. The van der Waals surface area contributed by atoms with Crippen LogP contribution in [0.1, 0.15) is 38.3 Å². The van der Waals surface area contributed by atoms with E-state index in [1.807, 2.05) is 6.07 Å². The molecule has 0 saturated heterocycles. The topological polar surface area (TPSA) is 59.1 Å². The van der Waals surface area contributed by atoms with Gasteiger partial charge in [-0.15, -0.1) is 0 Å². The third-order valence-electron chi connectivity index (χ3n) is 2.62. The molecule has 0 aromatic heterocycles. The first kappa shape index (κ1) is 15.0. The van der Waals surface area contributed by atoms with Gasteiger partial charge >= 0.3 is 0 Å². The fourth-order valence-corrected chi connectivity index (χ4v) is 1.63. The van der Waals surface area contributed by atoms with Gasteiger partial charge in [-0.1, -0.05) is 44.5 Å². The zero-order valence-corrected chi connectivity index (χ0v) is 12.0. The molecule has 0 aliphatic heterocycles. The molecule has 1 rings (SSSR count). The zero-order chi connectivity index (χ0) is 13.8. The van der Waals surface area contributed by atoms with Crippen LogP contribution in [0.15, 0.2) is 18.2 Å². The fourth-order valence-electron chi connectivity index (χ4n) is 1.39. The lowest BCUT2D eigenvalue weighted by Crippen LogP contribution is -2.11. The summed E-state index contributed by atoms with van der Waals surface area (Å²) in [5.74, 6) is 0.0251. The maximum absolute atomic E-state index is 7.33. The molecule has 0 radical (unpaired) electrons. The molecule has 1 aromatic rings. The number of benzene rings is 1. The molecule has 1 aromatic carbocycles. The van der Waals surface area contributed by atoms with E-state index in [4.69, 9.17) is 27.5 Å². The molecule has 0 spiro atoms. The summed E-state index contributed by atoms with van der Waals surface area (Å²) in [7, 11) is 0. The smallest absolute Gasteiger partial charge is 0.122 e. The molecule has 0 aliphatic carbocycles. The molecule has 18 heavy (non-hydrogen) atoms. The van der Waals surface area contributed by atoms with Crippen molar-refractivity contribution in [3.63, 3.8) is 0 Å². The first-order valence-corrected chi connectivity index (χ1v) is 6.38. The molecule has 0 saturated carbocycles. The van der Waals surface area contributed by atoms with Crippen LogP contribution in [0.4, 0.5) is 0 Å². The largest absolute Gasteiger partial charge is 0.384 e. The predicted octanol–water partition coefficient (Wildman–Crippen LogP) is 3.58. The number of nitrogens with two attached hydrogens (primary N) is 1. The van der Waals surface area contributed by atoms with Gasteiger partial charge in [-0.2, -0.15) is 0 Å². The van der Waals surface area contributed by atoms with Crippen molar-refractivity contribution in [2.45, 2.75) is 33.8 Å². The number of hydrogen-bond donors (Lipinski definition) is 2. The Bertz CT molecular complexity index is 424. The van der Waals surface area contributed by atoms with E-state index in [0.29, 0.717) is 23.8 Å². The van der Waals surface area contributed by atoms with Crippen molar-refractivity contribution < 1.29 is 4.74 Å². The molecule has 100 valence electrons. The van der Waals surface area contributed by atoms with Crippen molar-refractivity contribution in [2.75, 3.05) is 6.61 Å². The summed E-state index contributed by atoms with van der Waals surface area (Å²) in [6, 6.07) is 5.35. The van der Waals surface area contributed by atoms with Gasteiger partial charge < -0.3 is 10.5 Å². The molecular weight excluding hydrogens is 248 g/mol. The van der Waals surface area contributed by atoms with Crippen LogP contribution in [0.3, 0.4) is 0 Å². The standard InChI is InChI=1S/C14H21ClN2O/c1-14(2,3)6-7-18-9-11-5-4-10(13(16)17)8-12(11)15/h4-5,8H,6-7,9H2,1-3H3,(H3,16,17). The number of amidine groups is 1. The Hall–Kier alpha value is -1.06. The fraction of sp³-hybridized carbons (Fsp3) is 0.500. The highest BCUT2D eigenvalue weighted by atomic mass is 35.5. The zero-order valence-electron chi connectivity index (χ0n) is 11.2. The summed E-state index contributed by atoms with van der Waals surface area (Å²) in [5.41, 5.74) is 7.24. The number of ether oxygens (including phenoxy) is 1. The van der Waals surface area contributed by atoms with Gasteiger partial charge in [0.15, 0.2) is 0 Å². The van der Waals surface area contributed by atoms with Gasteiger partial charge in [-0.05, 0) is 23.5 Å². The van der Waals surface area contributed by atoms with E-state index in [1.165, 1.54) is 0 Å². The molecule has 0 heterocycles. The first-order chi connectivity index (χ1) is 8.29. The van der Waals surface area contributed by atoms with E-state index in [0.717, 1.165) is 12.0 Å². The first-order valence-electron chi connectivity index (χ1n) is 6.00. The van der Waals surface area contributed by atoms with Gasteiger partial charge in [-0.25, -0.2) is 0 Å². The SMILES string of the molecule is CC(C)(C)CCOCc1ccc(C(=N)N)cc1Cl. The van der Waals surface area contributed by atoms with Crippen LogP contribution < -0.4 is 5.73 Å². The number of halogens is 1. The third-order valence-corrected chi connectivity index (χ3v) is 2.97. The Morgan fingerprint density at radius 2 is 2.06 bits per heavy atom. The number of hydrogen-bond acceptors (Lipinski definition) is 2. The molecule has 4 heteroatoms. The van der Waals surface area contributed by atoms with E-state index in [1.54, 1.807) is 12.1 Å². The van der Waals surface area contributed by atoms with E-state index in [9.17, 15) is 0 Å². The van der Waals surface area contributed by atoms with Gasteiger partial charge in [-0.3, -0.25) is 5.41 Å². The lowest BCUT2D eigenvalue weighted by atomic mass is 9.93. The summed E-state index contributed by atoms with van der Waals surface area (Å²) in [4.78, 5) is 0. The number of nitrogen functional groups attached to an aromatic ring is 1. The molecule has 3 N–H and O–H groups in total. The van der Waals surface area contributed by atoms with Crippen molar-refractivity contribution in [3.05, 3.63) is 34.3 Å². The van der Waals surface area contributed by atoms with Gasteiger partial charge in [0, 0.05) is 17.2 Å². The maximum Gasteiger partial charge on any atom is 0.122 e. The summed E-state index contributed by atoms with van der Waals surface area (Å²) in [6.07, 6.45) is 1.01. The highest BCUT2D eigenvalue weighted by Crippen LogP contribution is 2.21. The van der Waals surface area contributed by atoms with Crippen LogP contribution in [0.25, 0.3) is 0 Å². The number of nitrogens with one attached hydrogen (secondary N) is 1. The predicted molar refractivity (Wildman–Crippen MR) is 76.2 cm³/mol. The quantitative estimate of drug-likeness (QED) is 0.487. The van der Waals surface area contributed by atoms with Crippen molar-refractivity contribution in [1.29, 1.82) is 5.41 Å². The normalized spacial score (nSPS) is 11.6. The Labute approximate surface area is 114 Å². The lowest BCUT2D eigenvalue weighted by Gasteiger charge is -2.17. The Morgan fingerprint density at radius 3 is 2.56 bits per heavy atom. The minimum absolute atomic E-state index is 0.0251. The highest BCUT2D eigenvalue weighted by molar-refractivity contribution is 6.31. The van der Waals surface area contributed by atoms with Crippen molar-refractivity contribution in [3.8, 4) is 0 Å². The molecular formula is C14H21ClN2O. The van der Waals surface area contributed by atoms with Crippen molar-refractivity contribution in [2.24, 2.45) is 11.1 Å². The number of rotatable bonds is 5. The van der Waals surface area contributed by atoms with Crippen molar-refractivity contribution in [1.82, 2.24) is 0 Å². The van der Waals surface area contributed by atoms with Gasteiger partial charge in [0.05, 0.1) is 6.61 Å². The maximum atomic E-state index is 7.33. The molecule has 0 bridgehead atoms. The Kier molecular flexibility index (Phi) is 5.17. The van der Waals surface area contributed by atoms with Gasteiger partial charge in [0.2, 0.25) is 0 Å². The molecule has 0 unspecified atom stereocenters. The van der Waals surface area contributed by atoms with Crippen LogP contribution >= 0.6 is 11.6 Å². The highest BCUT2D eigenvalue weighted by Gasteiger charge is 2.10. The molecule has 3 nitrogen and oxygen atoms in total. The average Bonchev–Trinajstić information content (AvgIpc) is 2.24. The molecule has 0 fully saturated rings. The van der Waals surface area contributed by atoms with Gasteiger partial charge in [0.25, 0.3) is 0 Å². The lowest BCUT2D eigenvalue weighted by molar-refractivity contribution is 0.0963. The average molecular weight is 269 g/mol. The third kappa shape index (κ3) is 5.07. The van der Waals surface area contributed by atoms with Crippen LogP contribution in [-0.4, -0.2) is 12.4 Å². The van der Waals surface area contributed by atoms with Crippen LogP contribution in [-0.2, 0) is 11.3 Å². The Balaban J connectivity index is 2.51. The Morgan fingerprint density at radius 1 is 1.39 bits per heavy atom. The molecule has 0 aliphatic rings. The minimum Gasteiger partial charge on any atom is -0.384 e. The second-order valence-corrected chi connectivity index (χ2v) is 5.99. The monoisotopic (exact) mass is 268 g/mol. The van der Waals surface area contributed by atoms with Crippen LogP contribution in [0.2, 0.25) is 5.02 Å². The van der Waals surface area contributed by atoms with Crippen molar-refractivity contribution >= 4 is 17.4 Å². The summed E-state index contributed by atoms with van der Waals surface area (Å²) < 4.78 is 5.61. The second-order valence-electron chi connectivity index (χ2n) is 5.58. The summed E-state index contributed by atoms with van der Waals surface area (Å²) in [5, 5.41) is 7.92.